The van der Waals surface area contributed by atoms with E-state index in [2.05, 4.69) is 25.8 Å². The van der Waals surface area contributed by atoms with E-state index in [1.165, 1.54) is 12.1 Å². The van der Waals surface area contributed by atoms with Crippen LogP contribution >= 0.6 is 0 Å². The van der Waals surface area contributed by atoms with E-state index in [-0.39, 0.29) is 5.56 Å². The smallest absolute Gasteiger partial charge is 0.261 e. The van der Waals surface area contributed by atoms with Crippen LogP contribution in [0.5, 0.6) is 0 Å². The van der Waals surface area contributed by atoms with E-state index in [1.54, 1.807) is 0 Å². The molecule has 5 heterocycles. The van der Waals surface area contributed by atoms with Crippen LogP contribution in [0, 0.1) is 17.8 Å². The number of amides is 1. The van der Waals surface area contributed by atoms with Gasteiger partial charge in [0.05, 0.1) is 5.56 Å². The summed E-state index contributed by atoms with van der Waals surface area (Å²) in [5.41, 5.74) is 1.98. The lowest BCUT2D eigenvalue weighted by Crippen LogP contribution is -2.45. The minimum absolute atomic E-state index is 0.103. The SMILES string of the molecule is O=C(C1CC1)N1CCC(Cn2ccnc2-c2ccc3n(c2=O)C[C@@H]2CNC[C@H]3C2)CC1. The molecular formula is C24H31N5O2. The van der Waals surface area contributed by atoms with E-state index in [9.17, 15) is 9.59 Å². The summed E-state index contributed by atoms with van der Waals surface area (Å²) in [6.45, 7) is 5.36. The molecule has 2 aromatic heterocycles. The Kier molecular flexibility index (Phi) is 4.74. The number of rotatable bonds is 4. The van der Waals surface area contributed by atoms with E-state index >= 15 is 0 Å². The van der Waals surface area contributed by atoms with E-state index in [0.717, 1.165) is 70.8 Å². The van der Waals surface area contributed by atoms with Crippen molar-refractivity contribution in [1.82, 2.24) is 24.3 Å². The number of hydrogen-bond donors (Lipinski definition) is 1. The first-order valence-electron chi connectivity index (χ1n) is 11.9. The van der Waals surface area contributed by atoms with E-state index in [0.29, 0.717) is 35.1 Å². The molecule has 2 bridgehead atoms. The highest BCUT2D eigenvalue weighted by Gasteiger charge is 2.35. The Morgan fingerprint density at radius 3 is 2.77 bits per heavy atom. The van der Waals surface area contributed by atoms with Gasteiger partial charge in [-0.2, -0.15) is 0 Å². The number of carbonyl (C=O) groups is 1. The first-order chi connectivity index (χ1) is 15.2. The summed E-state index contributed by atoms with van der Waals surface area (Å²) in [6, 6.07) is 4.13. The zero-order valence-corrected chi connectivity index (χ0v) is 18.0. The van der Waals surface area contributed by atoms with Gasteiger partial charge in [-0.05, 0) is 62.6 Å². The molecule has 6 rings (SSSR count). The lowest BCUT2D eigenvalue weighted by atomic mass is 9.84. The molecule has 3 fully saturated rings. The van der Waals surface area contributed by atoms with Crippen LogP contribution in [0.2, 0.25) is 0 Å². The Labute approximate surface area is 182 Å². The number of nitrogens with one attached hydrogen (secondary N) is 1. The van der Waals surface area contributed by atoms with Crippen LogP contribution in [0.15, 0.2) is 29.3 Å². The zero-order valence-electron chi connectivity index (χ0n) is 18.0. The highest BCUT2D eigenvalue weighted by molar-refractivity contribution is 5.81. The molecule has 164 valence electrons. The van der Waals surface area contributed by atoms with Gasteiger partial charge in [0, 0.05) is 62.6 Å². The number of likely N-dealkylation sites (tertiary alicyclic amines) is 1. The maximum atomic E-state index is 13.4. The summed E-state index contributed by atoms with van der Waals surface area (Å²) in [4.78, 5) is 32.4. The summed E-state index contributed by atoms with van der Waals surface area (Å²) < 4.78 is 4.16. The monoisotopic (exact) mass is 421 g/mol. The van der Waals surface area contributed by atoms with Crippen molar-refractivity contribution in [1.29, 1.82) is 0 Å². The standard InChI is InChI=1S/C24H31N5O2/c30-23(18-1-2-18)27-8-5-16(6-9-27)14-28-10-7-26-22(28)20-3-4-21-19-11-17(12-25-13-19)15-29(21)24(20)31/h3-4,7,10,16-19,25H,1-2,5-6,8-9,11-15H2/t17-,19+/m0/s1. The molecule has 2 atom stereocenters. The minimum Gasteiger partial charge on any atom is -0.342 e. The van der Waals surface area contributed by atoms with Gasteiger partial charge in [0.25, 0.3) is 5.56 Å². The van der Waals surface area contributed by atoms with Crippen LogP contribution in [-0.4, -0.2) is 51.1 Å². The second-order valence-electron chi connectivity index (χ2n) is 9.99. The van der Waals surface area contributed by atoms with Crippen LogP contribution in [0.4, 0.5) is 0 Å². The van der Waals surface area contributed by atoms with Crippen molar-refractivity contribution >= 4 is 5.91 Å². The molecule has 0 radical (unpaired) electrons. The number of aromatic nitrogens is 3. The lowest BCUT2D eigenvalue weighted by molar-refractivity contribution is -0.134. The summed E-state index contributed by atoms with van der Waals surface area (Å²) in [5, 5.41) is 3.51. The summed E-state index contributed by atoms with van der Waals surface area (Å²) in [5.74, 6) is 2.96. The van der Waals surface area contributed by atoms with Gasteiger partial charge in [-0.3, -0.25) is 9.59 Å². The Balaban J connectivity index is 1.20. The topological polar surface area (TPSA) is 72.2 Å². The molecule has 7 nitrogen and oxygen atoms in total. The minimum atomic E-state index is 0.103. The number of carbonyl (C=O) groups excluding carboxylic acids is 1. The van der Waals surface area contributed by atoms with Crippen LogP contribution < -0.4 is 10.9 Å². The van der Waals surface area contributed by atoms with Gasteiger partial charge in [-0.25, -0.2) is 4.98 Å². The first kappa shape index (κ1) is 19.3. The molecule has 1 aliphatic carbocycles. The van der Waals surface area contributed by atoms with Crippen molar-refractivity contribution in [3.05, 3.63) is 40.6 Å². The van der Waals surface area contributed by atoms with Crippen molar-refractivity contribution in [2.24, 2.45) is 17.8 Å². The van der Waals surface area contributed by atoms with Gasteiger partial charge in [-0.1, -0.05) is 0 Å². The highest BCUT2D eigenvalue weighted by Crippen LogP contribution is 2.34. The predicted octanol–water partition coefficient (Wildman–Crippen LogP) is 2.07. The number of imidazole rings is 1. The number of hydrogen-bond acceptors (Lipinski definition) is 4. The molecule has 3 aliphatic heterocycles. The molecule has 2 aromatic rings. The number of nitrogens with zero attached hydrogens (tertiary/aromatic N) is 4. The molecule has 0 aromatic carbocycles. The maximum Gasteiger partial charge on any atom is 0.261 e. The van der Waals surface area contributed by atoms with Crippen LogP contribution in [0.25, 0.3) is 11.4 Å². The van der Waals surface area contributed by atoms with Gasteiger partial charge in [0.2, 0.25) is 5.91 Å². The fourth-order valence-electron chi connectivity index (χ4n) is 5.86. The van der Waals surface area contributed by atoms with Crippen molar-refractivity contribution < 1.29 is 4.79 Å². The Morgan fingerprint density at radius 1 is 1.13 bits per heavy atom. The second kappa shape index (κ2) is 7.62. The third-order valence-corrected chi connectivity index (χ3v) is 7.77. The molecule has 2 saturated heterocycles. The van der Waals surface area contributed by atoms with E-state index < -0.39 is 0 Å². The molecule has 1 amide bonds. The molecule has 0 spiro atoms. The van der Waals surface area contributed by atoms with E-state index in [4.69, 9.17) is 0 Å². The van der Waals surface area contributed by atoms with Gasteiger partial charge in [-0.15, -0.1) is 0 Å². The molecule has 1 saturated carbocycles. The van der Waals surface area contributed by atoms with Crippen LogP contribution in [-0.2, 0) is 17.9 Å². The third-order valence-electron chi connectivity index (χ3n) is 7.77. The number of pyridine rings is 1. The van der Waals surface area contributed by atoms with Gasteiger partial charge in [0.15, 0.2) is 0 Å². The van der Waals surface area contributed by atoms with Gasteiger partial charge < -0.3 is 19.4 Å². The van der Waals surface area contributed by atoms with Crippen molar-refractivity contribution in [3.8, 4) is 11.4 Å². The van der Waals surface area contributed by atoms with Crippen LogP contribution in [0.1, 0.15) is 43.7 Å². The molecule has 0 unspecified atom stereocenters. The van der Waals surface area contributed by atoms with Crippen molar-refractivity contribution in [2.45, 2.75) is 51.1 Å². The Hall–Kier alpha value is -2.41. The number of piperidine rings is 2. The molecule has 1 N–H and O–H groups in total. The zero-order chi connectivity index (χ0) is 20.9. The Bertz CT molecular complexity index is 1040. The predicted molar refractivity (Wildman–Crippen MR) is 118 cm³/mol. The summed E-state index contributed by atoms with van der Waals surface area (Å²) in [6.07, 6.45) is 9.19. The van der Waals surface area contributed by atoms with Gasteiger partial charge >= 0.3 is 0 Å². The Morgan fingerprint density at radius 2 is 1.97 bits per heavy atom. The second-order valence-corrected chi connectivity index (χ2v) is 9.99. The molecule has 31 heavy (non-hydrogen) atoms. The van der Waals surface area contributed by atoms with Crippen molar-refractivity contribution in [3.63, 3.8) is 0 Å². The van der Waals surface area contributed by atoms with Crippen LogP contribution in [0.3, 0.4) is 0 Å². The quantitative estimate of drug-likeness (QED) is 0.820. The summed E-state index contributed by atoms with van der Waals surface area (Å²) >= 11 is 0. The third kappa shape index (κ3) is 3.53. The molecule has 7 heteroatoms. The molecule has 4 aliphatic rings. The van der Waals surface area contributed by atoms with E-state index in [1.807, 2.05) is 23.0 Å². The largest absolute Gasteiger partial charge is 0.342 e. The normalized spacial score (nSPS) is 26.0. The number of fused-ring (bicyclic) bond motifs is 4. The average Bonchev–Trinajstić information content (AvgIpc) is 3.55. The first-order valence-corrected chi connectivity index (χ1v) is 11.9. The summed E-state index contributed by atoms with van der Waals surface area (Å²) in [7, 11) is 0. The highest BCUT2D eigenvalue weighted by atomic mass is 16.2. The van der Waals surface area contributed by atoms with Crippen molar-refractivity contribution in [2.75, 3.05) is 26.2 Å². The fraction of sp³-hybridized carbons (Fsp3) is 0.625. The average molecular weight is 422 g/mol. The molecular weight excluding hydrogens is 390 g/mol. The maximum absolute atomic E-state index is 13.4. The fourth-order valence-corrected chi connectivity index (χ4v) is 5.86. The van der Waals surface area contributed by atoms with Gasteiger partial charge in [0.1, 0.15) is 5.82 Å². The lowest BCUT2D eigenvalue weighted by Gasteiger charge is -2.37.